The van der Waals surface area contributed by atoms with Gasteiger partial charge in [-0.2, -0.15) is 0 Å². The number of thioether (sulfide) groups is 1. The number of hydrogen-bond acceptors (Lipinski definition) is 6. The van der Waals surface area contributed by atoms with E-state index in [4.69, 9.17) is 4.74 Å². The van der Waals surface area contributed by atoms with Crippen LogP contribution in [0.3, 0.4) is 0 Å². The minimum atomic E-state index is -1.29. The molecule has 1 rings (SSSR count). The van der Waals surface area contributed by atoms with Gasteiger partial charge in [0.2, 0.25) is 5.91 Å². The van der Waals surface area contributed by atoms with Gasteiger partial charge in [0.15, 0.2) is 0 Å². The average Bonchev–Trinajstić information content (AvgIpc) is 2.34. The fraction of sp³-hybridized carbons (Fsp3) is 0.917. The monoisotopic (exact) mass is 293 g/mol. The molecule has 0 bridgehead atoms. The highest BCUT2D eigenvalue weighted by atomic mass is 32.2. The van der Waals surface area contributed by atoms with E-state index in [1.807, 2.05) is 13.8 Å². The Morgan fingerprint density at radius 2 is 1.79 bits per heavy atom. The molecule has 1 heterocycles. The molecule has 0 saturated carbocycles. The van der Waals surface area contributed by atoms with Crippen molar-refractivity contribution in [3.63, 3.8) is 0 Å². The van der Waals surface area contributed by atoms with Crippen molar-refractivity contribution in [1.82, 2.24) is 5.32 Å². The Morgan fingerprint density at radius 1 is 1.21 bits per heavy atom. The summed E-state index contributed by atoms with van der Waals surface area (Å²) in [5.74, 6) is -0.204. The molecular weight excluding hydrogens is 270 g/mol. The minimum absolute atomic E-state index is 0.0218. The summed E-state index contributed by atoms with van der Waals surface area (Å²) < 4.78 is 5.64. The molecule has 0 aliphatic carbocycles. The summed E-state index contributed by atoms with van der Waals surface area (Å²) in [4.78, 5) is 11.2. The van der Waals surface area contributed by atoms with Crippen molar-refractivity contribution in [2.24, 2.45) is 5.92 Å². The van der Waals surface area contributed by atoms with Crippen LogP contribution < -0.4 is 5.32 Å². The number of ether oxygens (including phenoxy) is 1. The second kappa shape index (κ2) is 6.90. The molecular formula is C12H23NO5S. The highest BCUT2D eigenvalue weighted by Gasteiger charge is 2.47. The van der Waals surface area contributed by atoms with Crippen LogP contribution in [0.1, 0.15) is 20.8 Å². The minimum Gasteiger partial charge on any atom is -0.388 e. The zero-order chi connectivity index (χ0) is 14.7. The number of rotatable bonds is 4. The Balaban J connectivity index is 2.91. The van der Waals surface area contributed by atoms with Crippen LogP contribution in [0.2, 0.25) is 0 Å². The molecule has 19 heavy (non-hydrogen) atoms. The lowest BCUT2D eigenvalue weighted by molar-refractivity contribution is -0.207. The molecule has 1 amide bonds. The Hall–Kier alpha value is -0.340. The van der Waals surface area contributed by atoms with Gasteiger partial charge < -0.3 is 25.4 Å². The number of hydrogen-bond donors (Lipinski definition) is 4. The lowest BCUT2D eigenvalue weighted by Crippen LogP contribution is -2.63. The van der Waals surface area contributed by atoms with Gasteiger partial charge in [-0.1, -0.05) is 13.8 Å². The topological polar surface area (TPSA) is 99.0 Å². The standard InChI is InChI=1S/C12H23NO5S/c1-5(2)7(13-6(3)14)11-9(16)8(15)10(17)12(18-11)19-4/h5,7-12,15-17H,1-4H3,(H,13,14). The summed E-state index contributed by atoms with van der Waals surface area (Å²) in [5, 5.41) is 32.5. The first-order chi connectivity index (χ1) is 8.79. The van der Waals surface area contributed by atoms with Crippen LogP contribution in [0.25, 0.3) is 0 Å². The average molecular weight is 293 g/mol. The third kappa shape index (κ3) is 3.82. The van der Waals surface area contributed by atoms with Gasteiger partial charge in [0.1, 0.15) is 29.9 Å². The van der Waals surface area contributed by atoms with Crippen LogP contribution in [-0.4, -0.2) is 63.4 Å². The van der Waals surface area contributed by atoms with Crippen LogP contribution in [0.15, 0.2) is 0 Å². The third-order valence-corrected chi connectivity index (χ3v) is 4.14. The zero-order valence-corrected chi connectivity index (χ0v) is 12.4. The predicted octanol–water partition coefficient (Wildman–Crippen LogP) is -0.682. The van der Waals surface area contributed by atoms with E-state index in [-0.39, 0.29) is 11.8 Å². The van der Waals surface area contributed by atoms with E-state index in [0.717, 1.165) is 0 Å². The fourth-order valence-corrected chi connectivity index (χ4v) is 2.91. The smallest absolute Gasteiger partial charge is 0.217 e. The molecule has 6 atom stereocenters. The third-order valence-electron chi connectivity index (χ3n) is 3.28. The molecule has 112 valence electrons. The molecule has 6 nitrogen and oxygen atoms in total. The van der Waals surface area contributed by atoms with Crippen LogP contribution in [0.5, 0.6) is 0 Å². The number of nitrogens with one attached hydrogen (secondary N) is 1. The van der Waals surface area contributed by atoms with Crippen molar-refractivity contribution in [3.8, 4) is 0 Å². The van der Waals surface area contributed by atoms with E-state index in [2.05, 4.69) is 5.32 Å². The molecule has 1 aliphatic heterocycles. The number of carbonyl (C=O) groups excluding carboxylic acids is 1. The van der Waals surface area contributed by atoms with Gasteiger partial charge in [0.25, 0.3) is 0 Å². The van der Waals surface area contributed by atoms with Crippen molar-refractivity contribution >= 4 is 17.7 Å². The molecule has 1 aliphatic rings. The van der Waals surface area contributed by atoms with Crippen molar-refractivity contribution < 1.29 is 24.9 Å². The second-order valence-corrected chi connectivity index (χ2v) is 6.08. The Bertz CT molecular complexity index is 312. The summed E-state index contributed by atoms with van der Waals surface area (Å²) in [7, 11) is 0. The van der Waals surface area contributed by atoms with Gasteiger partial charge in [-0.3, -0.25) is 4.79 Å². The van der Waals surface area contributed by atoms with Crippen molar-refractivity contribution in [2.75, 3.05) is 6.26 Å². The van der Waals surface area contributed by atoms with Crippen LogP contribution in [-0.2, 0) is 9.53 Å². The van der Waals surface area contributed by atoms with Crippen molar-refractivity contribution in [1.29, 1.82) is 0 Å². The maximum atomic E-state index is 11.2. The number of carbonyl (C=O) groups is 1. The number of aliphatic hydroxyl groups excluding tert-OH is 3. The number of aliphatic hydroxyl groups is 3. The van der Waals surface area contributed by atoms with Gasteiger partial charge in [0, 0.05) is 6.92 Å². The van der Waals surface area contributed by atoms with Gasteiger partial charge in [-0.05, 0) is 12.2 Å². The summed E-state index contributed by atoms with van der Waals surface area (Å²) in [6.45, 7) is 5.17. The van der Waals surface area contributed by atoms with E-state index in [1.165, 1.54) is 18.7 Å². The van der Waals surface area contributed by atoms with Gasteiger partial charge in [-0.15, -0.1) is 11.8 Å². The number of amides is 1. The van der Waals surface area contributed by atoms with Crippen molar-refractivity contribution in [3.05, 3.63) is 0 Å². The first-order valence-electron chi connectivity index (χ1n) is 6.29. The molecule has 0 spiro atoms. The molecule has 1 saturated heterocycles. The van der Waals surface area contributed by atoms with Gasteiger partial charge >= 0.3 is 0 Å². The Morgan fingerprint density at radius 3 is 2.21 bits per heavy atom. The Kier molecular flexibility index (Phi) is 6.07. The molecule has 0 aromatic heterocycles. The summed E-state index contributed by atoms with van der Waals surface area (Å²) >= 11 is 1.26. The summed E-state index contributed by atoms with van der Waals surface area (Å²) in [5.41, 5.74) is -0.626. The van der Waals surface area contributed by atoms with Crippen molar-refractivity contribution in [2.45, 2.75) is 56.7 Å². The van der Waals surface area contributed by atoms with E-state index >= 15 is 0 Å². The largest absolute Gasteiger partial charge is 0.388 e. The second-order valence-electron chi connectivity index (χ2n) is 5.15. The zero-order valence-electron chi connectivity index (χ0n) is 11.6. The molecule has 1 fully saturated rings. The lowest BCUT2D eigenvalue weighted by Gasteiger charge is -2.44. The highest BCUT2D eigenvalue weighted by Crippen LogP contribution is 2.30. The van der Waals surface area contributed by atoms with Crippen LogP contribution in [0.4, 0.5) is 0 Å². The molecule has 0 radical (unpaired) electrons. The summed E-state index contributed by atoms with van der Waals surface area (Å²) in [6, 6.07) is -0.427. The lowest BCUT2D eigenvalue weighted by atomic mass is 9.89. The van der Waals surface area contributed by atoms with Crippen LogP contribution >= 0.6 is 11.8 Å². The van der Waals surface area contributed by atoms with E-state index in [0.29, 0.717) is 0 Å². The first-order valence-corrected chi connectivity index (χ1v) is 7.58. The van der Waals surface area contributed by atoms with Crippen LogP contribution in [0, 0.1) is 5.92 Å². The van der Waals surface area contributed by atoms with E-state index in [9.17, 15) is 20.1 Å². The van der Waals surface area contributed by atoms with E-state index < -0.39 is 35.9 Å². The molecule has 7 heteroatoms. The maximum Gasteiger partial charge on any atom is 0.217 e. The normalized spacial score (nSPS) is 37.2. The van der Waals surface area contributed by atoms with E-state index in [1.54, 1.807) is 6.26 Å². The molecule has 4 N–H and O–H groups in total. The predicted molar refractivity (Wildman–Crippen MR) is 72.6 cm³/mol. The SMILES string of the molecule is CSC1OC(C(NC(C)=O)C(C)C)C(O)C(O)C1O. The van der Waals surface area contributed by atoms with Gasteiger partial charge in [0.05, 0.1) is 6.04 Å². The Labute approximate surface area is 117 Å². The highest BCUT2D eigenvalue weighted by molar-refractivity contribution is 7.99. The first kappa shape index (κ1) is 16.7. The van der Waals surface area contributed by atoms with Gasteiger partial charge in [-0.25, -0.2) is 0 Å². The quantitative estimate of drug-likeness (QED) is 0.548. The maximum absolute atomic E-state index is 11.2. The molecule has 6 unspecified atom stereocenters. The fourth-order valence-electron chi connectivity index (χ4n) is 2.23. The molecule has 0 aromatic carbocycles. The molecule has 0 aromatic rings. The summed E-state index contributed by atoms with van der Waals surface area (Å²) in [6.07, 6.45) is -2.67.